The molecule has 39 heavy (non-hydrogen) atoms. The molecule has 2 aliphatic rings. The predicted octanol–water partition coefficient (Wildman–Crippen LogP) is 5.35. The first-order valence-corrected chi connectivity index (χ1v) is 13.6. The van der Waals surface area contributed by atoms with Crippen LogP contribution < -0.4 is 11.1 Å². The summed E-state index contributed by atoms with van der Waals surface area (Å²) in [6.45, 7) is 6.36. The Labute approximate surface area is 228 Å². The van der Waals surface area contributed by atoms with Crippen LogP contribution in [0.15, 0.2) is 47.5 Å². The molecule has 7 nitrogen and oxygen atoms in total. The summed E-state index contributed by atoms with van der Waals surface area (Å²) in [6.07, 6.45) is 4.82. The SMILES string of the molecule is CCCCC(c1ccc(C(=O)NCC(=N)N)cc1)N1C(=O)C(c2cc(F)cc(F)c2)=NC12CC(C)CC(C)C2. The molecule has 1 spiro atoms. The molecular formula is C30H37F2N5O2. The highest BCUT2D eigenvalue weighted by molar-refractivity contribution is 6.46. The predicted molar refractivity (Wildman–Crippen MR) is 148 cm³/mol. The van der Waals surface area contributed by atoms with Crippen molar-refractivity contribution in [3.63, 3.8) is 0 Å². The molecule has 1 aliphatic heterocycles. The van der Waals surface area contributed by atoms with Crippen molar-refractivity contribution in [2.24, 2.45) is 22.6 Å². The third-order valence-corrected chi connectivity index (χ3v) is 7.62. The Hall–Kier alpha value is -3.62. The summed E-state index contributed by atoms with van der Waals surface area (Å²) in [5, 5.41) is 9.92. The topological polar surface area (TPSA) is 112 Å². The summed E-state index contributed by atoms with van der Waals surface area (Å²) in [7, 11) is 0. The maximum absolute atomic E-state index is 14.2. The number of halogens is 2. The number of nitrogens with one attached hydrogen (secondary N) is 2. The Kier molecular flexibility index (Phi) is 8.47. The number of hydrogen-bond donors (Lipinski definition) is 3. The lowest BCUT2D eigenvalue weighted by Crippen LogP contribution is -2.52. The minimum absolute atomic E-state index is 0.0400. The average Bonchev–Trinajstić information content (AvgIpc) is 3.12. The number of nitrogens with zero attached hydrogens (tertiary/aromatic N) is 2. The molecule has 3 unspecified atom stereocenters. The van der Waals surface area contributed by atoms with E-state index in [-0.39, 0.29) is 41.5 Å². The number of rotatable bonds is 9. The number of nitrogens with two attached hydrogens (primary N) is 1. The minimum Gasteiger partial charge on any atom is -0.386 e. The molecule has 0 aromatic heterocycles. The van der Waals surface area contributed by atoms with E-state index in [1.807, 2.05) is 17.0 Å². The van der Waals surface area contributed by atoms with E-state index in [1.54, 1.807) is 12.1 Å². The van der Waals surface area contributed by atoms with Crippen molar-refractivity contribution in [1.82, 2.24) is 10.2 Å². The summed E-state index contributed by atoms with van der Waals surface area (Å²) >= 11 is 0. The molecule has 2 aromatic rings. The Morgan fingerprint density at radius 2 is 1.77 bits per heavy atom. The highest BCUT2D eigenvalue weighted by Gasteiger charge is 2.53. The van der Waals surface area contributed by atoms with Gasteiger partial charge in [-0.05, 0) is 67.3 Å². The van der Waals surface area contributed by atoms with E-state index in [4.69, 9.17) is 16.1 Å². The number of carbonyl (C=O) groups excluding carboxylic acids is 2. The zero-order chi connectivity index (χ0) is 28.3. The molecule has 1 aliphatic carbocycles. The summed E-state index contributed by atoms with van der Waals surface area (Å²) in [5.41, 5.74) is 6.06. The van der Waals surface area contributed by atoms with Gasteiger partial charge in [0.25, 0.3) is 11.8 Å². The summed E-state index contributed by atoms with van der Waals surface area (Å²) in [4.78, 5) is 33.5. The van der Waals surface area contributed by atoms with Crippen LogP contribution in [0.2, 0.25) is 0 Å². The summed E-state index contributed by atoms with van der Waals surface area (Å²) in [5.74, 6) is -1.68. The Morgan fingerprint density at radius 1 is 1.15 bits per heavy atom. The van der Waals surface area contributed by atoms with E-state index in [0.29, 0.717) is 36.7 Å². The van der Waals surface area contributed by atoms with Gasteiger partial charge in [0, 0.05) is 17.2 Å². The van der Waals surface area contributed by atoms with E-state index in [1.165, 1.54) is 12.1 Å². The van der Waals surface area contributed by atoms with Crippen LogP contribution in [0, 0.1) is 28.9 Å². The number of carbonyl (C=O) groups is 2. The normalized spacial score (nSPS) is 23.6. The van der Waals surface area contributed by atoms with Crippen molar-refractivity contribution in [1.29, 1.82) is 5.41 Å². The van der Waals surface area contributed by atoms with Crippen LogP contribution in [0.4, 0.5) is 8.78 Å². The maximum atomic E-state index is 14.2. The number of unbranched alkanes of at least 4 members (excludes halogenated alkanes) is 1. The average molecular weight is 538 g/mol. The second-order valence-corrected chi connectivity index (χ2v) is 11.1. The van der Waals surface area contributed by atoms with Gasteiger partial charge in [0.15, 0.2) is 0 Å². The van der Waals surface area contributed by atoms with Crippen LogP contribution in [-0.4, -0.2) is 40.5 Å². The van der Waals surface area contributed by atoms with Gasteiger partial charge < -0.3 is 16.0 Å². The van der Waals surface area contributed by atoms with Gasteiger partial charge >= 0.3 is 0 Å². The lowest BCUT2D eigenvalue weighted by molar-refractivity contribution is -0.134. The van der Waals surface area contributed by atoms with Gasteiger partial charge in [-0.25, -0.2) is 8.78 Å². The van der Waals surface area contributed by atoms with Gasteiger partial charge in [0.2, 0.25) is 0 Å². The molecule has 4 rings (SSSR count). The van der Waals surface area contributed by atoms with Crippen LogP contribution in [0.3, 0.4) is 0 Å². The quantitative estimate of drug-likeness (QED) is 0.296. The Morgan fingerprint density at radius 3 is 2.33 bits per heavy atom. The second-order valence-electron chi connectivity index (χ2n) is 11.1. The first-order valence-electron chi connectivity index (χ1n) is 13.6. The molecule has 2 aromatic carbocycles. The maximum Gasteiger partial charge on any atom is 0.275 e. The highest BCUT2D eigenvalue weighted by atomic mass is 19.1. The Balaban J connectivity index is 1.76. The molecular weight excluding hydrogens is 500 g/mol. The number of aliphatic imine (C=N–C) groups is 1. The van der Waals surface area contributed by atoms with Crippen molar-refractivity contribution in [3.05, 3.63) is 70.8 Å². The third kappa shape index (κ3) is 6.18. The van der Waals surface area contributed by atoms with E-state index < -0.39 is 17.3 Å². The van der Waals surface area contributed by atoms with Crippen LogP contribution in [0.1, 0.15) is 86.8 Å². The van der Waals surface area contributed by atoms with Gasteiger partial charge in [-0.1, -0.05) is 45.7 Å². The number of amides is 2. The van der Waals surface area contributed by atoms with Crippen molar-refractivity contribution < 1.29 is 18.4 Å². The van der Waals surface area contributed by atoms with Gasteiger partial charge in [0.05, 0.1) is 12.6 Å². The molecule has 0 saturated heterocycles. The fraction of sp³-hybridized carbons (Fsp3) is 0.467. The number of benzene rings is 2. The molecule has 2 amide bonds. The van der Waals surface area contributed by atoms with E-state index in [2.05, 4.69) is 26.1 Å². The van der Waals surface area contributed by atoms with Crippen molar-refractivity contribution >= 4 is 23.4 Å². The molecule has 3 atom stereocenters. The zero-order valence-electron chi connectivity index (χ0n) is 22.8. The number of amidine groups is 1. The zero-order valence-corrected chi connectivity index (χ0v) is 22.8. The minimum atomic E-state index is -0.817. The van der Waals surface area contributed by atoms with Gasteiger partial charge in [-0.2, -0.15) is 0 Å². The highest BCUT2D eigenvalue weighted by Crippen LogP contribution is 2.48. The van der Waals surface area contributed by atoms with Crippen LogP contribution in [-0.2, 0) is 4.79 Å². The molecule has 208 valence electrons. The van der Waals surface area contributed by atoms with Crippen LogP contribution in [0.5, 0.6) is 0 Å². The Bertz CT molecular complexity index is 1250. The molecule has 4 N–H and O–H groups in total. The standard InChI is InChI=1S/C30H37F2N5O2/c1-4-5-6-25(20-7-9-21(10-8-20)28(38)35-17-26(33)34)37-29(39)27(22-12-23(31)14-24(32)13-22)36-30(37)15-18(2)11-19(3)16-30/h7-10,12-14,18-19,25H,4-6,11,15-17H2,1-3H3,(H3,33,34)(H,35,38). The lowest BCUT2D eigenvalue weighted by Gasteiger charge is -2.47. The smallest absolute Gasteiger partial charge is 0.275 e. The molecule has 1 heterocycles. The fourth-order valence-electron chi connectivity index (χ4n) is 6.24. The molecule has 1 saturated carbocycles. The molecule has 1 fully saturated rings. The van der Waals surface area contributed by atoms with Crippen molar-refractivity contribution in [2.75, 3.05) is 6.54 Å². The van der Waals surface area contributed by atoms with Crippen molar-refractivity contribution in [3.8, 4) is 0 Å². The third-order valence-electron chi connectivity index (χ3n) is 7.62. The molecule has 0 bridgehead atoms. The number of hydrogen-bond acceptors (Lipinski definition) is 4. The summed E-state index contributed by atoms with van der Waals surface area (Å²) in [6, 6.07) is 9.90. The van der Waals surface area contributed by atoms with E-state index in [9.17, 15) is 18.4 Å². The molecule has 0 radical (unpaired) electrons. The van der Waals surface area contributed by atoms with Crippen LogP contribution in [0.25, 0.3) is 0 Å². The summed E-state index contributed by atoms with van der Waals surface area (Å²) < 4.78 is 28.4. The van der Waals surface area contributed by atoms with Crippen molar-refractivity contribution in [2.45, 2.75) is 71.0 Å². The first kappa shape index (κ1) is 28.4. The monoisotopic (exact) mass is 537 g/mol. The van der Waals surface area contributed by atoms with E-state index >= 15 is 0 Å². The lowest BCUT2D eigenvalue weighted by atomic mass is 9.75. The van der Waals surface area contributed by atoms with Gasteiger partial charge in [-0.15, -0.1) is 0 Å². The largest absolute Gasteiger partial charge is 0.386 e. The van der Waals surface area contributed by atoms with Gasteiger partial charge in [0.1, 0.15) is 28.8 Å². The molecule has 9 heteroatoms. The second kappa shape index (κ2) is 11.6. The fourth-order valence-corrected chi connectivity index (χ4v) is 6.24. The first-order chi connectivity index (χ1) is 18.5. The van der Waals surface area contributed by atoms with Crippen LogP contribution >= 0.6 is 0 Å². The van der Waals surface area contributed by atoms with E-state index in [0.717, 1.165) is 30.9 Å². The van der Waals surface area contributed by atoms with Gasteiger partial charge in [-0.3, -0.25) is 20.0 Å².